The molecule has 0 aliphatic heterocycles. The minimum Gasteiger partial charge on any atom is -0.345 e. The zero-order chi connectivity index (χ0) is 17.9. The Labute approximate surface area is 139 Å². The second-order valence-corrected chi connectivity index (χ2v) is 6.79. The van der Waals surface area contributed by atoms with Gasteiger partial charge in [0.15, 0.2) is 0 Å². The summed E-state index contributed by atoms with van der Waals surface area (Å²) in [7, 11) is 0. The van der Waals surface area contributed by atoms with E-state index in [1.54, 1.807) is 19.1 Å². The van der Waals surface area contributed by atoms with E-state index in [1.165, 1.54) is 12.1 Å². The zero-order valence-electron chi connectivity index (χ0n) is 14.1. The lowest BCUT2D eigenvalue weighted by Gasteiger charge is -2.18. The van der Waals surface area contributed by atoms with E-state index >= 15 is 0 Å². The van der Waals surface area contributed by atoms with Crippen molar-refractivity contribution in [3.05, 3.63) is 40.3 Å². The number of hydrogen-bond acceptors (Lipinski definition) is 6. The highest BCUT2D eigenvalue weighted by molar-refractivity contribution is 5.76. The third kappa shape index (κ3) is 4.61. The van der Waals surface area contributed by atoms with Crippen LogP contribution in [0.1, 0.15) is 46.0 Å². The van der Waals surface area contributed by atoms with Crippen molar-refractivity contribution in [3.63, 3.8) is 0 Å². The first kappa shape index (κ1) is 17.6. The fourth-order valence-electron chi connectivity index (χ4n) is 2.12. The predicted molar refractivity (Wildman–Crippen MR) is 87.0 cm³/mol. The van der Waals surface area contributed by atoms with Gasteiger partial charge in [-0.15, -0.1) is 0 Å². The minimum atomic E-state index is -0.486. The molecule has 1 amide bonds. The number of nitro groups is 1. The highest BCUT2D eigenvalue weighted by Gasteiger charge is 2.21. The molecule has 1 aromatic carbocycles. The van der Waals surface area contributed by atoms with E-state index in [1.807, 2.05) is 20.8 Å². The lowest BCUT2D eigenvalue weighted by atomic mass is 9.92. The van der Waals surface area contributed by atoms with Crippen LogP contribution in [-0.4, -0.2) is 21.0 Å². The van der Waals surface area contributed by atoms with Gasteiger partial charge in [0.05, 0.1) is 4.92 Å². The number of carbonyl (C=O) groups excluding carboxylic acids is 1. The van der Waals surface area contributed by atoms with Crippen molar-refractivity contribution in [2.45, 2.75) is 40.2 Å². The Balaban J connectivity index is 2.11. The average molecular weight is 332 g/mol. The Morgan fingerprint density at radius 2 is 2.12 bits per heavy atom. The molecule has 128 valence electrons. The Morgan fingerprint density at radius 1 is 1.42 bits per heavy atom. The molecule has 8 heteroatoms. The van der Waals surface area contributed by atoms with Crippen molar-refractivity contribution in [2.24, 2.45) is 5.41 Å². The van der Waals surface area contributed by atoms with E-state index in [0.717, 1.165) is 0 Å². The first-order valence-corrected chi connectivity index (χ1v) is 7.53. The van der Waals surface area contributed by atoms with E-state index < -0.39 is 11.0 Å². The molecule has 0 aliphatic rings. The van der Waals surface area contributed by atoms with Crippen LogP contribution in [0.25, 0.3) is 11.4 Å². The summed E-state index contributed by atoms with van der Waals surface area (Å²) in [5.41, 5.74) is 0.310. The molecule has 1 aromatic heterocycles. The Morgan fingerprint density at radius 3 is 2.75 bits per heavy atom. The van der Waals surface area contributed by atoms with Crippen molar-refractivity contribution in [2.75, 3.05) is 0 Å². The number of non-ortho nitro benzene ring substituents is 1. The molecule has 0 spiro atoms. The maximum absolute atomic E-state index is 12.0. The van der Waals surface area contributed by atoms with Gasteiger partial charge in [-0.3, -0.25) is 14.9 Å². The highest BCUT2D eigenvalue weighted by Crippen LogP contribution is 2.23. The normalized spacial score (nSPS) is 12.7. The molecule has 2 rings (SSSR count). The molecule has 1 unspecified atom stereocenters. The van der Waals surface area contributed by atoms with Gasteiger partial charge in [-0.25, -0.2) is 0 Å². The maximum atomic E-state index is 12.0. The van der Waals surface area contributed by atoms with Crippen LogP contribution in [0.2, 0.25) is 0 Å². The lowest BCUT2D eigenvalue weighted by Crippen LogP contribution is -2.30. The zero-order valence-corrected chi connectivity index (χ0v) is 14.1. The minimum absolute atomic E-state index is 0.0506. The highest BCUT2D eigenvalue weighted by atomic mass is 16.6. The molecule has 0 saturated carbocycles. The summed E-state index contributed by atoms with van der Waals surface area (Å²) in [6.07, 6.45) is 0.378. The largest absolute Gasteiger partial charge is 0.345 e. The van der Waals surface area contributed by atoms with Crippen LogP contribution in [0.4, 0.5) is 5.69 Å². The van der Waals surface area contributed by atoms with Crippen LogP contribution >= 0.6 is 0 Å². The van der Waals surface area contributed by atoms with Gasteiger partial charge >= 0.3 is 0 Å². The number of carbonyl (C=O) groups is 1. The van der Waals surface area contributed by atoms with Crippen LogP contribution in [0.5, 0.6) is 0 Å². The SMILES string of the molecule is CC(NC(=O)CC(C)(C)C)c1nc(-c2cccc([N+](=O)[O-])c2)no1. The molecule has 0 bridgehead atoms. The molecule has 8 nitrogen and oxygen atoms in total. The molecular weight excluding hydrogens is 312 g/mol. The smallest absolute Gasteiger partial charge is 0.270 e. The van der Waals surface area contributed by atoms with Gasteiger partial charge in [0.25, 0.3) is 5.69 Å². The number of amides is 1. The second kappa shape index (κ2) is 6.77. The first-order chi connectivity index (χ1) is 11.2. The molecule has 24 heavy (non-hydrogen) atoms. The third-order valence-electron chi connectivity index (χ3n) is 3.20. The molecule has 0 saturated heterocycles. The number of benzene rings is 1. The predicted octanol–water partition coefficient (Wildman–Crippen LogP) is 3.26. The van der Waals surface area contributed by atoms with Crippen LogP contribution in [0.15, 0.2) is 28.8 Å². The Bertz CT molecular complexity index is 749. The van der Waals surface area contributed by atoms with Crippen LogP contribution in [-0.2, 0) is 4.79 Å². The molecule has 0 aliphatic carbocycles. The van der Waals surface area contributed by atoms with E-state index in [-0.39, 0.29) is 28.7 Å². The van der Waals surface area contributed by atoms with Crippen LogP contribution in [0.3, 0.4) is 0 Å². The topological polar surface area (TPSA) is 111 Å². The molecule has 1 heterocycles. The number of nitrogens with one attached hydrogen (secondary N) is 1. The molecular formula is C16H20N4O4. The summed E-state index contributed by atoms with van der Waals surface area (Å²) in [4.78, 5) is 26.5. The quantitative estimate of drug-likeness (QED) is 0.664. The van der Waals surface area contributed by atoms with Crippen molar-refractivity contribution in [3.8, 4) is 11.4 Å². The maximum Gasteiger partial charge on any atom is 0.270 e. The van der Waals surface area contributed by atoms with Gasteiger partial charge in [0.2, 0.25) is 17.6 Å². The number of nitro benzene ring substituents is 1. The average Bonchev–Trinajstić information content (AvgIpc) is 2.95. The standard InChI is InChI=1S/C16H20N4O4/c1-10(17-13(21)9-16(2,3)4)15-18-14(19-24-15)11-6-5-7-12(8-11)20(22)23/h5-8,10H,9H2,1-4H3,(H,17,21). The summed E-state index contributed by atoms with van der Waals surface area (Å²) in [5, 5.41) is 17.5. The summed E-state index contributed by atoms with van der Waals surface area (Å²) < 4.78 is 5.17. The summed E-state index contributed by atoms with van der Waals surface area (Å²) in [5.74, 6) is 0.384. The fourth-order valence-corrected chi connectivity index (χ4v) is 2.12. The van der Waals surface area contributed by atoms with Crippen molar-refractivity contribution < 1.29 is 14.2 Å². The number of nitrogens with zero attached hydrogens (tertiary/aromatic N) is 3. The molecule has 1 atom stereocenters. The molecule has 0 fully saturated rings. The van der Waals surface area contributed by atoms with Crippen molar-refractivity contribution >= 4 is 11.6 Å². The Kier molecular flexibility index (Phi) is 4.96. The summed E-state index contributed by atoms with van der Waals surface area (Å²) in [6, 6.07) is 5.53. The summed E-state index contributed by atoms with van der Waals surface area (Å²) in [6.45, 7) is 7.67. The van der Waals surface area contributed by atoms with Gasteiger partial charge in [0, 0.05) is 24.1 Å². The van der Waals surface area contributed by atoms with Crippen LogP contribution < -0.4 is 5.32 Å². The van der Waals surface area contributed by atoms with Gasteiger partial charge < -0.3 is 9.84 Å². The fraction of sp³-hybridized carbons (Fsp3) is 0.438. The molecule has 0 radical (unpaired) electrons. The van der Waals surface area contributed by atoms with E-state index in [9.17, 15) is 14.9 Å². The van der Waals surface area contributed by atoms with Gasteiger partial charge in [0.1, 0.15) is 6.04 Å². The van der Waals surface area contributed by atoms with E-state index in [2.05, 4.69) is 15.5 Å². The monoisotopic (exact) mass is 332 g/mol. The summed E-state index contributed by atoms with van der Waals surface area (Å²) >= 11 is 0. The van der Waals surface area contributed by atoms with Gasteiger partial charge in [-0.05, 0) is 12.3 Å². The van der Waals surface area contributed by atoms with E-state index in [4.69, 9.17) is 4.52 Å². The number of hydrogen-bond donors (Lipinski definition) is 1. The Hall–Kier alpha value is -2.77. The van der Waals surface area contributed by atoms with Gasteiger partial charge in [-0.2, -0.15) is 4.98 Å². The van der Waals surface area contributed by atoms with Crippen molar-refractivity contribution in [1.29, 1.82) is 0 Å². The second-order valence-electron chi connectivity index (χ2n) is 6.79. The van der Waals surface area contributed by atoms with Crippen LogP contribution in [0, 0.1) is 15.5 Å². The van der Waals surface area contributed by atoms with Gasteiger partial charge in [-0.1, -0.05) is 38.1 Å². The first-order valence-electron chi connectivity index (χ1n) is 7.53. The lowest BCUT2D eigenvalue weighted by molar-refractivity contribution is -0.384. The number of rotatable bonds is 5. The molecule has 2 aromatic rings. The van der Waals surface area contributed by atoms with Crippen molar-refractivity contribution in [1.82, 2.24) is 15.5 Å². The third-order valence-corrected chi connectivity index (χ3v) is 3.20. The number of aromatic nitrogens is 2. The molecule has 1 N–H and O–H groups in total. The van der Waals surface area contributed by atoms with E-state index in [0.29, 0.717) is 12.0 Å².